The molecule has 1 amide bonds. The molecule has 0 spiro atoms. The first-order valence-corrected chi connectivity index (χ1v) is 6.63. The highest BCUT2D eigenvalue weighted by Crippen LogP contribution is 2.22. The lowest BCUT2D eigenvalue weighted by Gasteiger charge is -2.31. The first-order valence-electron chi connectivity index (χ1n) is 6.10. The van der Waals surface area contributed by atoms with E-state index in [1.807, 2.05) is 20.8 Å². The fourth-order valence-electron chi connectivity index (χ4n) is 1.99. The molecule has 4 heteroatoms. The van der Waals surface area contributed by atoms with Gasteiger partial charge in [0.2, 0.25) is 5.91 Å². The number of rotatable bonds is 5. The summed E-state index contributed by atoms with van der Waals surface area (Å²) in [4.78, 5) is 12.0. The van der Waals surface area contributed by atoms with Crippen molar-refractivity contribution in [1.82, 2.24) is 5.32 Å². The molecular weight excluding hydrogens is 226 g/mol. The van der Waals surface area contributed by atoms with Gasteiger partial charge in [-0.25, -0.2) is 0 Å². The van der Waals surface area contributed by atoms with E-state index < -0.39 is 0 Å². The second-order valence-electron chi connectivity index (χ2n) is 4.62. The van der Waals surface area contributed by atoms with Crippen molar-refractivity contribution in [3.63, 3.8) is 0 Å². The van der Waals surface area contributed by atoms with E-state index in [2.05, 4.69) is 5.32 Å². The molecule has 94 valence electrons. The van der Waals surface area contributed by atoms with Crippen molar-refractivity contribution in [2.24, 2.45) is 0 Å². The Balaban J connectivity index is 2.55. The Bertz CT molecular complexity index is 233. The van der Waals surface area contributed by atoms with Gasteiger partial charge in [0.1, 0.15) is 6.10 Å². The van der Waals surface area contributed by atoms with E-state index in [-0.39, 0.29) is 23.7 Å². The van der Waals surface area contributed by atoms with E-state index in [9.17, 15) is 4.79 Å². The van der Waals surface area contributed by atoms with Gasteiger partial charge in [0.15, 0.2) is 0 Å². The first kappa shape index (κ1) is 13.8. The number of amides is 1. The van der Waals surface area contributed by atoms with Gasteiger partial charge in [-0.2, -0.15) is 0 Å². The van der Waals surface area contributed by atoms with Crippen molar-refractivity contribution in [3.05, 3.63) is 0 Å². The van der Waals surface area contributed by atoms with Crippen LogP contribution in [-0.2, 0) is 9.53 Å². The van der Waals surface area contributed by atoms with Crippen LogP contribution in [0.25, 0.3) is 0 Å². The van der Waals surface area contributed by atoms with Crippen LogP contribution < -0.4 is 5.32 Å². The molecule has 2 atom stereocenters. The van der Waals surface area contributed by atoms with Crippen molar-refractivity contribution >= 4 is 17.5 Å². The van der Waals surface area contributed by atoms with Gasteiger partial charge in [-0.15, -0.1) is 11.6 Å². The third-order valence-electron chi connectivity index (χ3n) is 3.52. The molecule has 0 aromatic rings. The minimum atomic E-state index is -0.282. The van der Waals surface area contributed by atoms with Crippen molar-refractivity contribution in [1.29, 1.82) is 0 Å². The van der Waals surface area contributed by atoms with Crippen LogP contribution in [0.15, 0.2) is 0 Å². The summed E-state index contributed by atoms with van der Waals surface area (Å²) in [5.41, 5.74) is -0.270. The maximum Gasteiger partial charge on any atom is 0.249 e. The second-order valence-corrected chi connectivity index (χ2v) is 4.89. The number of carbonyl (C=O) groups excluding carboxylic acids is 1. The summed E-state index contributed by atoms with van der Waals surface area (Å²) in [6.45, 7) is 6.09. The maximum atomic E-state index is 12.0. The molecule has 1 aliphatic heterocycles. The number of hydrogen-bond acceptors (Lipinski definition) is 2. The second kappa shape index (κ2) is 5.87. The van der Waals surface area contributed by atoms with Gasteiger partial charge >= 0.3 is 0 Å². The van der Waals surface area contributed by atoms with Gasteiger partial charge in [0.05, 0.1) is 11.6 Å². The van der Waals surface area contributed by atoms with Gasteiger partial charge in [0.25, 0.3) is 0 Å². The Morgan fingerprint density at radius 2 is 2.06 bits per heavy atom. The highest BCUT2D eigenvalue weighted by atomic mass is 35.5. The van der Waals surface area contributed by atoms with Crippen LogP contribution in [0.2, 0.25) is 0 Å². The number of carbonyl (C=O) groups is 1. The van der Waals surface area contributed by atoms with Gasteiger partial charge in [-0.3, -0.25) is 4.79 Å². The van der Waals surface area contributed by atoms with Crippen LogP contribution >= 0.6 is 11.6 Å². The third kappa shape index (κ3) is 3.11. The highest BCUT2D eigenvalue weighted by molar-refractivity contribution is 6.18. The number of halogens is 1. The molecule has 0 saturated carbocycles. The fourth-order valence-corrected chi connectivity index (χ4v) is 2.43. The lowest BCUT2D eigenvalue weighted by atomic mass is 9.95. The Morgan fingerprint density at radius 3 is 2.44 bits per heavy atom. The first-order chi connectivity index (χ1) is 7.56. The standard InChI is InChI=1S/C12H22ClNO2/c1-4-12(5-2,8-13)14-11(15)10-7-6-9(3)16-10/h9-10H,4-8H2,1-3H3,(H,14,15). The van der Waals surface area contributed by atoms with Crippen LogP contribution in [0.4, 0.5) is 0 Å². The molecule has 0 aromatic heterocycles. The van der Waals surface area contributed by atoms with Gasteiger partial charge in [0, 0.05) is 5.88 Å². The number of alkyl halides is 1. The topological polar surface area (TPSA) is 38.3 Å². The molecule has 1 rings (SSSR count). The Kier molecular flexibility index (Phi) is 5.06. The van der Waals surface area contributed by atoms with Crippen molar-refractivity contribution in [2.45, 2.75) is 64.2 Å². The SMILES string of the molecule is CCC(CC)(CCl)NC(=O)C1CCC(C)O1. The Morgan fingerprint density at radius 1 is 1.44 bits per heavy atom. The largest absolute Gasteiger partial charge is 0.365 e. The predicted molar refractivity (Wildman–Crippen MR) is 65.7 cm³/mol. The monoisotopic (exact) mass is 247 g/mol. The molecule has 1 aliphatic rings. The highest BCUT2D eigenvalue weighted by Gasteiger charge is 2.33. The normalized spacial score (nSPS) is 25.8. The van der Waals surface area contributed by atoms with Crippen LogP contribution in [0.1, 0.15) is 46.5 Å². The fraction of sp³-hybridized carbons (Fsp3) is 0.917. The smallest absolute Gasteiger partial charge is 0.249 e. The summed E-state index contributed by atoms with van der Waals surface area (Å²) in [7, 11) is 0. The van der Waals surface area contributed by atoms with Gasteiger partial charge in [-0.05, 0) is 32.6 Å². The molecule has 0 aromatic carbocycles. The van der Waals surface area contributed by atoms with Crippen LogP contribution in [-0.4, -0.2) is 29.5 Å². The van der Waals surface area contributed by atoms with E-state index in [0.29, 0.717) is 5.88 Å². The molecule has 0 bridgehead atoms. The zero-order valence-corrected chi connectivity index (χ0v) is 11.1. The number of hydrogen-bond donors (Lipinski definition) is 1. The summed E-state index contributed by atoms with van der Waals surface area (Å²) >= 11 is 5.95. The third-order valence-corrected chi connectivity index (χ3v) is 4.03. The predicted octanol–water partition coefficient (Wildman–Crippen LogP) is 2.47. The lowest BCUT2D eigenvalue weighted by molar-refractivity contribution is -0.133. The van der Waals surface area contributed by atoms with E-state index in [1.54, 1.807) is 0 Å². The van der Waals surface area contributed by atoms with Crippen molar-refractivity contribution in [2.75, 3.05) is 5.88 Å². The van der Waals surface area contributed by atoms with Crippen LogP contribution in [0, 0.1) is 0 Å². The number of ether oxygens (including phenoxy) is 1. The molecule has 2 unspecified atom stereocenters. The maximum absolute atomic E-state index is 12.0. The summed E-state index contributed by atoms with van der Waals surface area (Å²) < 4.78 is 5.55. The van der Waals surface area contributed by atoms with Crippen molar-refractivity contribution < 1.29 is 9.53 Å². The molecule has 3 nitrogen and oxygen atoms in total. The summed E-state index contributed by atoms with van der Waals surface area (Å²) in [6.07, 6.45) is 3.39. The Labute approximate surface area is 103 Å². The molecule has 1 N–H and O–H groups in total. The molecule has 1 saturated heterocycles. The molecule has 0 aliphatic carbocycles. The average molecular weight is 248 g/mol. The molecule has 16 heavy (non-hydrogen) atoms. The zero-order chi connectivity index (χ0) is 12.2. The van der Waals surface area contributed by atoms with E-state index in [1.165, 1.54) is 0 Å². The summed E-state index contributed by atoms with van der Waals surface area (Å²) in [5.74, 6) is 0.447. The van der Waals surface area contributed by atoms with Crippen LogP contribution in [0.3, 0.4) is 0 Å². The van der Waals surface area contributed by atoms with Crippen molar-refractivity contribution in [3.8, 4) is 0 Å². The quantitative estimate of drug-likeness (QED) is 0.758. The minimum Gasteiger partial charge on any atom is -0.365 e. The lowest BCUT2D eigenvalue weighted by Crippen LogP contribution is -2.52. The van der Waals surface area contributed by atoms with E-state index in [4.69, 9.17) is 16.3 Å². The summed E-state index contributed by atoms with van der Waals surface area (Å²) in [5, 5.41) is 3.05. The molecular formula is C12H22ClNO2. The van der Waals surface area contributed by atoms with E-state index >= 15 is 0 Å². The zero-order valence-electron chi connectivity index (χ0n) is 10.4. The molecule has 0 radical (unpaired) electrons. The Hall–Kier alpha value is -0.280. The minimum absolute atomic E-state index is 0.00583. The van der Waals surface area contributed by atoms with Gasteiger partial charge < -0.3 is 10.1 Å². The molecule has 1 fully saturated rings. The van der Waals surface area contributed by atoms with Crippen LogP contribution in [0.5, 0.6) is 0 Å². The summed E-state index contributed by atoms with van der Waals surface area (Å²) in [6, 6.07) is 0. The number of nitrogens with one attached hydrogen (secondary N) is 1. The molecule has 1 heterocycles. The van der Waals surface area contributed by atoms with E-state index in [0.717, 1.165) is 25.7 Å². The van der Waals surface area contributed by atoms with Gasteiger partial charge in [-0.1, -0.05) is 13.8 Å². The average Bonchev–Trinajstić information content (AvgIpc) is 2.73.